The highest BCUT2D eigenvalue weighted by Crippen LogP contribution is 2.28. The summed E-state index contributed by atoms with van der Waals surface area (Å²) in [6.45, 7) is 0. The van der Waals surface area contributed by atoms with Gasteiger partial charge in [-0.2, -0.15) is 9.47 Å². The van der Waals surface area contributed by atoms with E-state index in [0.29, 0.717) is 0 Å². The van der Waals surface area contributed by atoms with Gasteiger partial charge < -0.3 is 4.98 Å². The number of nitrogens with zero attached hydrogens (tertiary/aromatic N) is 3. The summed E-state index contributed by atoms with van der Waals surface area (Å²) < 4.78 is 4.29. The average Bonchev–Trinajstić information content (AvgIpc) is 3.07. The molecule has 0 unspecified atom stereocenters. The molecule has 0 aliphatic carbocycles. The molecule has 3 heterocycles. The Labute approximate surface area is 112 Å². The maximum absolute atomic E-state index is 4.41. The molecule has 0 atom stereocenters. The average molecular weight is 267 g/mol. The number of fused-ring (bicyclic) bond motifs is 3. The zero-order valence-electron chi connectivity index (χ0n) is 9.79. The highest BCUT2D eigenvalue weighted by atomic mass is 32.1. The third-order valence-electron chi connectivity index (χ3n) is 3.03. The minimum absolute atomic E-state index is 0.820. The summed E-state index contributed by atoms with van der Waals surface area (Å²) in [5.41, 5.74) is 8.66. The van der Waals surface area contributed by atoms with E-state index in [-0.39, 0.29) is 0 Å². The first-order valence-electron chi connectivity index (χ1n) is 5.80. The fraction of sp³-hybridized carbons (Fsp3) is 0. The van der Waals surface area contributed by atoms with Crippen LogP contribution in [0.25, 0.3) is 17.1 Å². The van der Waals surface area contributed by atoms with Gasteiger partial charge in [0.1, 0.15) is 16.9 Å². The molecule has 0 saturated heterocycles. The standard InChI is InChI=1S/C13H9N5S/c1-3-9(10-5-6-19-18-10)16-17-12-8(1)2-4-11-13(12)15-7-14-11/h1-7,17H,(H,14,15). The molecule has 0 spiro atoms. The number of aromatic amines is 1. The van der Waals surface area contributed by atoms with Crippen LogP contribution in [0.5, 0.6) is 0 Å². The van der Waals surface area contributed by atoms with Crippen molar-refractivity contribution in [2.75, 3.05) is 5.43 Å². The lowest BCUT2D eigenvalue weighted by Gasteiger charge is -2.04. The number of nitrogens with one attached hydrogen (secondary N) is 2. The lowest BCUT2D eigenvalue weighted by Crippen LogP contribution is -2.00. The molecule has 5 nitrogen and oxygen atoms in total. The van der Waals surface area contributed by atoms with E-state index in [4.69, 9.17) is 0 Å². The number of hydrogen-bond acceptors (Lipinski definition) is 5. The second-order valence-electron chi connectivity index (χ2n) is 4.16. The number of rotatable bonds is 1. The number of H-pyrrole nitrogens is 1. The maximum Gasteiger partial charge on any atom is 0.114 e. The molecular formula is C13H9N5S. The van der Waals surface area contributed by atoms with Gasteiger partial charge in [0, 0.05) is 10.9 Å². The summed E-state index contributed by atoms with van der Waals surface area (Å²) >= 11 is 1.42. The van der Waals surface area contributed by atoms with Crippen LogP contribution < -0.4 is 5.43 Å². The van der Waals surface area contributed by atoms with Gasteiger partial charge in [0.05, 0.1) is 17.5 Å². The largest absolute Gasteiger partial charge is 0.345 e. The van der Waals surface area contributed by atoms with E-state index < -0.39 is 0 Å². The molecule has 0 bridgehead atoms. The Kier molecular flexibility index (Phi) is 2.22. The predicted octanol–water partition coefficient (Wildman–Crippen LogP) is 2.86. The summed E-state index contributed by atoms with van der Waals surface area (Å²) in [5.74, 6) is 0. The molecule has 1 aliphatic heterocycles. The number of hydrazone groups is 1. The Morgan fingerprint density at radius 2 is 2.11 bits per heavy atom. The number of anilines is 1. The molecule has 2 N–H and O–H groups in total. The summed E-state index contributed by atoms with van der Waals surface area (Å²) in [6, 6.07) is 6.01. The van der Waals surface area contributed by atoms with E-state index in [1.165, 1.54) is 11.5 Å². The van der Waals surface area contributed by atoms with Gasteiger partial charge in [-0.1, -0.05) is 12.1 Å². The fourth-order valence-electron chi connectivity index (χ4n) is 2.09. The van der Waals surface area contributed by atoms with E-state index in [1.807, 2.05) is 35.7 Å². The summed E-state index contributed by atoms with van der Waals surface area (Å²) in [5, 5.41) is 6.35. The molecule has 6 heteroatoms. The summed E-state index contributed by atoms with van der Waals surface area (Å²) in [4.78, 5) is 7.42. The third kappa shape index (κ3) is 1.65. The van der Waals surface area contributed by atoms with Crippen molar-refractivity contribution in [2.24, 2.45) is 5.10 Å². The van der Waals surface area contributed by atoms with Crippen LogP contribution in [-0.4, -0.2) is 20.1 Å². The highest BCUT2D eigenvalue weighted by molar-refractivity contribution is 7.03. The lowest BCUT2D eigenvalue weighted by molar-refractivity contribution is 1.32. The molecule has 92 valence electrons. The van der Waals surface area contributed by atoms with E-state index >= 15 is 0 Å². The zero-order valence-corrected chi connectivity index (χ0v) is 10.6. The first-order valence-corrected chi connectivity index (χ1v) is 6.64. The predicted molar refractivity (Wildman–Crippen MR) is 77.4 cm³/mol. The maximum atomic E-state index is 4.41. The second kappa shape index (κ2) is 4.03. The zero-order chi connectivity index (χ0) is 12.7. The Balaban J connectivity index is 1.86. The van der Waals surface area contributed by atoms with Crippen molar-refractivity contribution >= 4 is 40.0 Å². The van der Waals surface area contributed by atoms with Gasteiger partial charge in [0.25, 0.3) is 0 Å². The topological polar surface area (TPSA) is 66.0 Å². The van der Waals surface area contributed by atoms with Gasteiger partial charge in [0.2, 0.25) is 0 Å². The molecule has 0 amide bonds. The van der Waals surface area contributed by atoms with Gasteiger partial charge in [-0.15, -0.1) is 0 Å². The van der Waals surface area contributed by atoms with Crippen molar-refractivity contribution in [1.29, 1.82) is 0 Å². The number of benzene rings is 1. The van der Waals surface area contributed by atoms with Gasteiger partial charge in [-0.05, 0) is 29.7 Å². The van der Waals surface area contributed by atoms with Gasteiger partial charge in [-0.3, -0.25) is 5.43 Å². The lowest BCUT2D eigenvalue weighted by atomic mass is 10.1. The van der Waals surface area contributed by atoms with Crippen LogP contribution in [0.1, 0.15) is 11.3 Å². The molecule has 1 aromatic carbocycles. The second-order valence-corrected chi connectivity index (χ2v) is 4.82. The quantitative estimate of drug-likeness (QED) is 0.712. The van der Waals surface area contributed by atoms with Gasteiger partial charge in [-0.25, -0.2) is 4.98 Å². The number of allylic oxidation sites excluding steroid dienone is 1. The van der Waals surface area contributed by atoms with Crippen LogP contribution in [0.15, 0.2) is 41.1 Å². The molecule has 1 aliphatic rings. The van der Waals surface area contributed by atoms with E-state index in [9.17, 15) is 0 Å². The SMILES string of the molecule is C1=Cc2ccc3[nH]cnc3c2NN=C1c1ccsn1. The molecular weight excluding hydrogens is 258 g/mol. The Bertz CT molecular complexity index is 798. The smallest absolute Gasteiger partial charge is 0.114 e. The number of aromatic nitrogens is 3. The van der Waals surface area contributed by atoms with Crippen LogP contribution in [0.4, 0.5) is 5.69 Å². The molecule has 0 saturated carbocycles. The third-order valence-corrected chi connectivity index (χ3v) is 3.59. The van der Waals surface area contributed by atoms with E-state index in [2.05, 4.69) is 24.9 Å². The van der Waals surface area contributed by atoms with Crippen LogP contribution in [-0.2, 0) is 0 Å². The number of imidazole rings is 1. The molecule has 0 radical (unpaired) electrons. The van der Waals surface area contributed by atoms with Crippen LogP contribution in [0.3, 0.4) is 0 Å². The summed E-state index contributed by atoms with van der Waals surface area (Å²) in [7, 11) is 0. The van der Waals surface area contributed by atoms with Crippen molar-refractivity contribution in [2.45, 2.75) is 0 Å². The van der Waals surface area contributed by atoms with Crippen molar-refractivity contribution in [3.8, 4) is 0 Å². The van der Waals surface area contributed by atoms with E-state index in [0.717, 1.165) is 33.7 Å². The van der Waals surface area contributed by atoms with Crippen molar-refractivity contribution in [1.82, 2.24) is 14.3 Å². The molecule has 2 aromatic heterocycles. The Morgan fingerprint density at radius 3 is 3.00 bits per heavy atom. The molecule has 0 fully saturated rings. The van der Waals surface area contributed by atoms with E-state index in [1.54, 1.807) is 6.33 Å². The fourth-order valence-corrected chi connectivity index (χ4v) is 2.61. The minimum Gasteiger partial charge on any atom is -0.345 e. The monoisotopic (exact) mass is 267 g/mol. The summed E-state index contributed by atoms with van der Waals surface area (Å²) in [6.07, 6.45) is 5.68. The van der Waals surface area contributed by atoms with Gasteiger partial charge in [0.15, 0.2) is 0 Å². The first kappa shape index (κ1) is 10.5. The van der Waals surface area contributed by atoms with Crippen molar-refractivity contribution < 1.29 is 0 Å². The molecule has 4 rings (SSSR count). The Morgan fingerprint density at radius 1 is 1.11 bits per heavy atom. The minimum atomic E-state index is 0.820. The molecule has 19 heavy (non-hydrogen) atoms. The molecule has 3 aromatic rings. The van der Waals surface area contributed by atoms with Crippen molar-refractivity contribution in [3.05, 3.63) is 47.2 Å². The normalized spacial score (nSPS) is 13.8. The Hall–Kier alpha value is -2.47. The number of hydrogen-bond donors (Lipinski definition) is 2. The van der Waals surface area contributed by atoms with Crippen LogP contribution >= 0.6 is 11.5 Å². The highest BCUT2D eigenvalue weighted by Gasteiger charge is 2.12. The van der Waals surface area contributed by atoms with Crippen molar-refractivity contribution in [3.63, 3.8) is 0 Å². The first-order chi connectivity index (χ1) is 9.42. The van der Waals surface area contributed by atoms with Crippen LogP contribution in [0, 0.1) is 0 Å². The van der Waals surface area contributed by atoms with Gasteiger partial charge >= 0.3 is 0 Å². The van der Waals surface area contributed by atoms with Crippen LogP contribution in [0.2, 0.25) is 0 Å².